The average Bonchev–Trinajstić information content (AvgIpc) is 2.15. The maximum atomic E-state index is 11.2. The highest BCUT2D eigenvalue weighted by Gasteiger charge is 2.23. The van der Waals surface area contributed by atoms with Crippen LogP contribution in [0, 0.1) is 0 Å². The number of carbonyl (C=O) groups is 4. The minimum Gasteiger partial charge on any atom is -0.480 e. The second-order valence-corrected chi connectivity index (χ2v) is 3.30. The van der Waals surface area contributed by atoms with Gasteiger partial charge in [0.2, 0.25) is 11.8 Å². The number of carboxylic acids is 1. The lowest BCUT2D eigenvalue weighted by Gasteiger charge is -2.15. The molecule has 0 aliphatic rings. The van der Waals surface area contributed by atoms with E-state index in [1.54, 1.807) is 0 Å². The summed E-state index contributed by atoms with van der Waals surface area (Å²) < 4.78 is 0. The van der Waals surface area contributed by atoms with Crippen LogP contribution in [0.3, 0.4) is 0 Å². The van der Waals surface area contributed by atoms with Crippen LogP contribution >= 0.6 is 0 Å². The van der Waals surface area contributed by atoms with E-state index in [2.05, 4.69) is 5.32 Å². The van der Waals surface area contributed by atoms with Crippen molar-refractivity contribution in [1.29, 1.82) is 0 Å². The fourth-order valence-corrected chi connectivity index (χ4v) is 0.869. The lowest BCUT2D eigenvalue weighted by molar-refractivity contribution is -0.140. The standard InChI is InChI=1S/C8H14N4O5/c1-3(6(10)14)11-8(17)12-4(7(15)16)2-5(9)13/h3-4H,2H2,1H3,(H2,9,13)(H2,10,14)(H,15,16)(H2,11,12,17). The van der Waals surface area contributed by atoms with Gasteiger partial charge in [-0.05, 0) is 6.92 Å². The lowest BCUT2D eigenvalue weighted by atomic mass is 10.2. The van der Waals surface area contributed by atoms with Crippen LogP contribution in [0.15, 0.2) is 0 Å². The molecule has 2 unspecified atom stereocenters. The largest absolute Gasteiger partial charge is 0.480 e. The molecule has 9 heteroatoms. The molecule has 0 spiro atoms. The number of hydrogen-bond donors (Lipinski definition) is 5. The SMILES string of the molecule is CC(NC(=O)NC(CC(N)=O)C(=O)O)C(N)=O. The number of carbonyl (C=O) groups excluding carboxylic acids is 3. The molecule has 0 aliphatic heterocycles. The van der Waals surface area contributed by atoms with Crippen LogP contribution in [-0.2, 0) is 14.4 Å². The van der Waals surface area contributed by atoms with E-state index in [1.807, 2.05) is 5.32 Å². The molecule has 0 radical (unpaired) electrons. The van der Waals surface area contributed by atoms with Gasteiger partial charge in [-0.1, -0.05) is 0 Å². The summed E-state index contributed by atoms with van der Waals surface area (Å²) in [6.45, 7) is 1.33. The zero-order valence-electron chi connectivity index (χ0n) is 9.10. The van der Waals surface area contributed by atoms with Crippen LogP contribution in [-0.4, -0.2) is 41.0 Å². The molecule has 0 saturated carbocycles. The zero-order chi connectivity index (χ0) is 13.6. The van der Waals surface area contributed by atoms with Crippen molar-refractivity contribution in [2.45, 2.75) is 25.4 Å². The molecule has 4 amide bonds. The van der Waals surface area contributed by atoms with Crippen LogP contribution in [0.2, 0.25) is 0 Å². The predicted octanol–water partition coefficient (Wildman–Crippen LogP) is -2.51. The van der Waals surface area contributed by atoms with Gasteiger partial charge in [-0.2, -0.15) is 0 Å². The molecule has 17 heavy (non-hydrogen) atoms. The van der Waals surface area contributed by atoms with E-state index < -0.39 is 42.3 Å². The van der Waals surface area contributed by atoms with E-state index in [4.69, 9.17) is 16.6 Å². The summed E-state index contributed by atoms with van der Waals surface area (Å²) in [7, 11) is 0. The molecule has 0 aromatic rings. The van der Waals surface area contributed by atoms with Gasteiger partial charge in [-0.3, -0.25) is 9.59 Å². The molecule has 0 aromatic carbocycles. The number of hydrogen-bond acceptors (Lipinski definition) is 4. The van der Waals surface area contributed by atoms with Gasteiger partial charge in [-0.15, -0.1) is 0 Å². The Labute approximate surface area is 96.5 Å². The minimum absolute atomic E-state index is 0.548. The van der Waals surface area contributed by atoms with Crippen molar-refractivity contribution >= 4 is 23.8 Å². The monoisotopic (exact) mass is 246 g/mol. The summed E-state index contributed by atoms with van der Waals surface area (Å²) >= 11 is 0. The molecule has 2 atom stereocenters. The number of amides is 4. The zero-order valence-corrected chi connectivity index (χ0v) is 9.10. The molecule has 0 aliphatic carbocycles. The summed E-state index contributed by atoms with van der Waals surface area (Å²) in [6.07, 6.45) is -0.548. The lowest BCUT2D eigenvalue weighted by Crippen LogP contribution is -2.52. The first kappa shape index (κ1) is 14.7. The van der Waals surface area contributed by atoms with Gasteiger partial charge in [0.15, 0.2) is 0 Å². The third-order valence-corrected chi connectivity index (χ3v) is 1.78. The number of nitrogens with two attached hydrogens (primary N) is 2. The molecule has 0 fully saturated rings. The number of rotatable bonds is 6. The van der Waals surface area contributed by atoms with E-state index in [-0.39, 0.29) is 0 Å². The average molecular weight is 246 g/mol. The highest BCUT2D eigenvalue weighted by Crippen LogP contribution is 1.92. The maximum absolute atomic E-state index is 11.2. The van der Waals surface area contributed by atoms with Gasteiger partial charge >= 0.3 is 12.0 Å². The second kappa shape index (κ2) is 6.30. The summed E-state index contributed by atoms with van der Waals surface area (Å²) in [6, 6.07) is -3.34. The van der Waals surface area contributed by atoms with Crippen LogP contribution < -0.4 is 22.1 Å². The molecular formula is C8H14N4O5. The fraction of sp³-hybridized carbons (Fsp3) is 0.500. The van der Waals surface area contributed by atoms with E-state index in [0.29, 0.717) is 0 Å². The normalized spacial score (nSPS) is 13.2. The van der Waals surface area contributed by atoms with Crippen molar-refractivity contribution in [3.8, 4) is 0 Å². The van der Waals surface area contributed by atoms with Gasteiger partial charge < -0.3 is 27.2 Å². The Kier molecular flexibility index (Phi) is 5.44. The Morgan fingerprint density at radius 1 is 1.18 bits per heavy atom. The van der Waals surface area contributed by atoms with E-state index in [9.17, 15) is 19.2 Å². The van der Waals surface area contributed by atoms with Crippen molar-refractivity contribution in [3.63, 3.8) is 0 Å². The van der Waals surface area contributed by atoms with Crippen molar-refractivity contribution in [2.24, 2.45) is 11.5 Å². The predicted molar refractivity (Wildman–Crippen MR) is 55.6 cm³/mol. The van der Waals surface area contributed by atoms with Gasteiger partial charge in [0.1, 0.15) is 12.1 Å². The number of carboxylic acid groups (broad SMARTS) is 1. The second-order valence-electron chi connectivity index (χ2n) is 3.30. The Balaban J connectivity index is 4.36. The Morgan fingerprint density at radius 3 is 2.06 bits per heavy atom. The first-order valence-corrected chi connectivity index (χ1v) is 4.61. The van der Waals surface area contributed by atoms with Crippen molar-refractivity contribution in [3.05, 3.63) is 0 Å². The highest BCUT2D eigenvalue weighted by molar-refractivity contribution is 5.89. The van der Waals surface area contributed by atoms with E-state index >= 15 is 0 Å². The molecule has 0 aromatic heterocycles. The van der Waals surface area contributed by atoms with Gasteiger partial charge in [0.25, 0.3) is 0 Å². The van der Waals surface area contributed by atoms with Crippen LogP contribution in [0.5, 0.6) is 0 Å². The maximum Gasteiger partial charge on any atom is 0.326 e. The number of nitrogens with one attached hydrogen (secondary N) is 2. The Hall–Kier alpha value is -2.32. The third-order valence-electron chi connectivity index (χ3n) is 1.78. The molecule has 9 nitrogen and oxygen atoms in total. The van der Waals surface area contributed by atoms with E-state index in [1.165, 1.54) is 6.92 Å². The first-order valence-electron chi connectivity index (χ1n) is 4.61. The minimum atomic E-state index is -1.45. The molecule has 0 heterocycles. The van der Waals surface area contributed by atoms with Gasteiger partial charge in [0.05, 0.1) is 6.42 Å². The van der Waals surface area contributed by atoms with Crippen LogP contribution in [0.1, 0.15) is 13.3 Å². The molecule has 0 saturated heterocycles. The quantitative estimate of drug-likeness (QED) is 0.348. The number of aliphatic carboxylic acids is 1. The Morgan fingerprint density at radius 2 is 1.71 bits per heavy atom. The molecular weight excluding hydrogens is 232 g/mol. The highest BCUT2D eigenvalue weighted by atomic mass is 16.4. The summed E-state index contributed by atoms with van der Waals surface area (Å²) in [4.78, 5) is 43.0. The summed E-state index contributed by atoms with van der Waals surface area (Å²) in [5.74, 6) is -3.06. The van der Waals surface area contributed by atoms with Crippen molar-refractivity contribution in [2.75, 3.05) is 0 Å². The number of primary amides is 2. The van der Waals surface area contributed by atoms with Crippen molar-refractivity contribution < 1.29 is 24.3 Å². The van der Waals surface area contributed by atoms with E-state index in [0.717, 1.165) is 0 Å². The van der Waals surface area contributed by atoms with Crippen molar-refractivity contribution in [1.82, 2.24) is 10.6 Å². The molecule has 0 rings (SSSR count). The van der Waals surface area contributed by atoms with Crippen LogP contribution in [0.4, 0.5) is 4.79 Å². The molecule has 7 N–H and O–H groups in total. The first-order chi connectivity index (χ1) is 7.73. The third kappa shape index (κ3) is 5.97. The number of urea groups is 1. The fourth-order valence-electron chi connectivity index (χ4n) is 0.869. The smallest absolute Gasteiger partial charge is 0.326 e. The Bertz CT molecular complexity index is 343. The molecule has 0 bridgehead atoms. The summed E-state index contributed by atoms with van der Waals surface area (Å²) in [5, 5.41) is 12.7. The molecule has 96 valence electrons. The van der Waals surface area contributed by atoms with Gasteiger partial charge in [-0.25, -0.2) is 9.59 Å². The van der Waals surface area contributed by atoms with Crippen LogP contribution in [0.25, 0.3) is 0 Å². The van der Waals surface area contributed by atoms with Gasteiger partial charge in [0, 0.05) is 0 Å². The summed E-state index contributed by atoms with van der Waals surface area (Å²) in [5.41, 5.74) is 9.69. The topological polar surface area (TPSA) is 165 Å².